The van der Waals surface area contributed by atoms with Crippen molar-refractivity contribution in [1.82, 2.24) is 34.4 Å². The lowest BCUT2D eigenvalue weighted by Crippen LogP contribution is -2.28. The Labute approximate surface area is 178 Å². The van der Waals surface area contributed by atoms with Gasteiger partial charge in [0, 0.05) is 44.1 Å². The summed E-state index contributed by atoms with van der Waals surface area (Å²) in [5.41, 5.74) is 2.22. The predicted octanol–water partition coefficient (Wildman–Crippen LogP) is 2.73. The first-order valence-electron chi connectivity index (χ1n) is 10.1. The average Bonchev–Trinajstić information content (AvgIpc) is 3.39. The van der Waals surface area contributed by atoms with Gasteiger partial charge in [0.2, 0.25) is 11.9 Å². The molecule has 4 heterocycles. The van der Waals surface area contributed by atoms with E-state index in [2.05, 4.69) is 35.6 Å². The van der Waals surface area contributed by atoms with Crippen LogP contribution in [0.5, 0.6) is 0 Å². The van der Waals surface area contributed by atoms with Crippen LogP contribution < -0.4 is 10.6 Å². The van der Waals surface area contributed by atoms with Crippen LogP contribution in [0.3, 0.4) is 0 Å². The molecule has 5 rings (SSSR count). The molecule has 4 aromatic rings. The number of benzene rings is 1. The number of anilines is 4. The number of nitrogens with one attached hydrogen (secondary N) is 2. The van der Waals surface area contributed by atoms with E-state index in [4.69, 9.17) is 0 Å². The third kappa shape index (κ3) is 4.13. The summed E-state index contributed by atoms with van der Waals surface area (Å²) in [6.07, 6.45) is 8.09. The molecule has 10 nitrogen and oxygen atoms in total. The maximum absolute atomic E-state index is 12.0. The summed E-state index contributed by atoms with van der Waals surface area (Å²) < 4.78 is 1.95. The number of imidazole rings is 1. The second kappa shape index (κ2) is 8.34. The SMILES string of the molecule is O=C1CCCN1CCn1cnc2c(Nc3ccccc3)nc(Nc3cnccn3)nc21. The van der Waals surface area contributed by atoms with Gasteiger partial charge in [0.1, 0.15) is 0 Å². The fourth-order valence-corrected chi connectivity index (χ4v) is 3.56. The highest BCUT2D eigenvalue weighted by atomic mass is 16.2. The molecule has 0 bridgehead atoms. The summed E-state index contributed by atoms with van der Waals surface area (Å²) in [7, 11) is 0. The van der Waals surface area contributed by atoms with E-state index in [0.29, 0.717) is 48.3 Å². The molecule has 0 atom stereocenters. The normalized spacial score (nSPS) is 13.7. The molecule has 2 N–H and O–H groups in total. The zero-order chi connectivity index (χ0) is 21.0. The van der Waals surface area contributed by atoms with Crippen LogP contribution in [0.15, 0.2) is 55.2 Å². The largest absolute Gasteiger partial charge is 0.341 e. The number of nitrogens with zero attached hydrogens (tertiary/aromatic N) is 7. The Morgan fingerprint density at radius 2 is 1.90 bits per heavy atom. The minimum absolute atomic E-state index is 0.204. The van der Waals surface area contributed by atoms with Gasteiger partial charge in [0.25, 0.3) is 0 Å². The van der Waals surface area contributed by atoms with Gasteiger partial charge in [-0.25, -0.2) is 9.97 Å². The summed E-state index contributed by atoms with van der Waals surface area (Å²) >= 11 is 0. The maximum atomic E-state index is 12.0. The van der Waals surface area contributed by atoms with Gasteiger partial charge in [-0.1, -0.05) is 18.2 Å². The summed E-state index contributed by atoms with van der Waals surface area (Å²) in [5.74, 6) is 1.71. The number of carbonyl (C=O) groups is 1. The van der Waals surface area contributed by atoms with Crippen LogP contribution in [0.2, 0.25) is 0 Å². The Bertz CT molecular complexity index is 1190. The molecule has 0 aliphatic carbocycles. The highest BCUT2D eigenvalue weighted by Gasteiger charge is 2.20. The van der Waals surface area contributed by atoms with Gasteiger partial charge < -0.3 is 20.1 Å². The quantitative estimate of drug-likeness (QED) is 0.474. The molecule has 3 aromatic heterocycles. The van der Waals surface area contributed by atoms with Gasteiger partial charge in [-0.2, -0.15) is 9.97 Å². The summed E-state index contributed by atoms with van der Waals surface area (Å²) in [4.78, 5) is 36.0. The number of fused-ring (bicyclic) bond motifs is 1. The zero-order valence-electron chi connectivity index (χ0n) is 16.8. The second-order valence-electron chi connectivity index (χ2n) is 7.20. The van der Waals surface area contributed by atoms with E-state index >= 15 is 0 Å². The van der Waals surface area contributed by atoms with Gasteiger partial charge in [-0.15, -0.1) is 0 Å². The van der Waals surface area contributed by atoms with Crippen LogP contribution in [0.1, 0.15) is 12.8 Å². The van der Waals surface area contributed by atoms with Crippen LogP contribution in [0.25, 0.3) is 11.2 Å². The van der Waals surface area contributed by atoms with Crippen molar-refractivity contribution in [3.63, 3.8) is 0 Å². The molecule has 1 aromatic carbocycles. The standard InChI is InChI=1S/C21H21N9O/c31-17-7-4-10-29(17)11-12-30-14-24-18-19(25-15-5-2-1-3-6-15)27-21(28-20(18)30)26-16-13-22-8-9-23-16/h1-3,5-6,8-9,13-14H,4,7,10-12H2,(H2,23,25,26,27,28). The third-order valence-electron chi connectivity index (χ3n) is 5.09. The Hall–Kier alpha value is -4.08. The Kier molecular flexibility index (Phi) is 5.09. The van der Waals surface area contributed by atoms with Crippen LogP contribution in [-0.2, 0) is 11.3 Å². The van der Waals surface area contributed by atoms with Gasteiger partial charge >= 0.3 is 0 Å². The van der Waals surface area contributed by atoms with Gasteiger partial charge in [-0.3, -0.25) is 9.78 Å². The monoisotopic (exact) mass is 415 g/mol. The number of hydrogen-bond acceptors (Lipinski definition) is 8. The first-order chi connectivity index (χ1) is 15.3. The summed E-state index contributed by atoms with van der Waals surface area (Å²) in [6.45, 7) is 2.04. The Morgan fingerprint density at radius 1 is 1.00 bits per heavy atom. The molecule has 0 spiro atoms. The van der Waals surface area contributed by atoms with Crippen LogP contribution in [0, 0.1) is 0 Å². The Morgan fingerprint density at radius 3 is 2.68 bits per heavy atom. The molecular formula is C21H21N9O. The van der Waals surface area contributed by atoms with Crippen molar-refractivity contribution in [2.45, 2.75) is 19.4 Å². The fraction of sp³-hybridized carbons (Fsp3) is 0.238. The van der Waals surface area contributed by atoms with Crippen molar-refractivity contribution < 1.29 is 4.79 Å². The molecule has 1 aliphatic rings. The van der Waals surface area contributed by atoms with Gasteiger partial charge in [0.05, 0.1) is 12.5 Å². The average molecular weight is 415 g/mol. The van der Waals surface area contributed by atoms with Crippen molar-refractivity contribution >= 4 is 40.3 Å². The van der Waals surface area contributed by atoms with Crippen molar-refractivity contribution in [3.8, 4) is 0 Å². The van der Waals surface area contributed by atoms with Crippen molar-refractivity contribution in [2.24, 2.45) is 0 Å². The predicted molar refractivity (Wildman–Crippen MR) is 116 cm³/mol. The van der Waals surface area contributed by atoms with E-state index in [1.165, 1.54) is 0 Å². The minimum Gasteiger partial charge on any atom is -0.341 e. The molecule has 1 saturated heterocycles. The van der Waals surface area contributed by atoms with Crippen LogP contribution in [0.4, 0.5) is 23.3 Å². The molecule has 31 heavy (non-hydrogen) atoms. The maximum Gasteiger partial charge on any atom is 0.232 e. The molecule has 0 unspecified atom stereocenters. The second-order valence-corrected chi connectivity index (χ2v) is 7.20. The third-order valence-corrected chi connectivity index (χ3v) is 5.09. The number of aromatic nitrogens is 6. The summed E-state index contributed by atoms with van der Waals surface area (Å²) in [5, 5.41) is 6.43. The van der Waals surface area contributed by atoms with E-state index in [-0.39, 0.29) is 5.91 Å². The smallest absolute Gasteiger partial charge is 0.232 e. The van der Waals surface area contributed by atoms with E-state index in [1.807, 2.05) is 39.8 Å². The van der Waals surface area contributed by atoms with E-state index < -0.39 is 0 Å². The van der Waals surface area contributed by atoms with E-state index in [0.717, 1.165) is 18.7 Å². The van der Waals surface area contributed by atoms with Crippen LogP contribution in [-0.4, -0.2) is 53.4 Å². The Balaban J connectivity index is 1.49. The summed E-state index contributed by atoms with van der Waals surface area (Å²) in [6, 6.07) is 9.77. The molecule has 0 radical (unpaired) electrons. The van der Waals surface area contributed by atoms with Crippen molar-refractivity contribution in [2.75, 3.05) is 23.7 Å². The molecular weight excluding hydrogens is 394 g/mol. The molecule has 1 amide bonds. The lowest BCUT2D eigenvalue weighted by atomic mass is 10.3. The lowest BCUT2D eigenvalue weighted by Gasteiger charge is -2.16. The van der Waals surface area contributed by atoms with Crippen molar-refractivity contribution in [3.05, 3.63) is 55.2 Å². The molecule has 1 aliphatic heterocycles. The number of para-hydroxylation sites is 1. The van der Waals surface area contributed by atoms with Crippen LogP contribution >= 0.6 is 0 Å². The fourth-order valence-electron chi connectivity index (χ4n) is 3.56. The van der Waals surface area contributed by atoms with E-state index in [9.17, 15) is 4.79 Å². The first-order valence-corrected chi connectivity index (χ1v) is 10.1. The number of hydrogen-bond donors (Lipinski definition) is 2. The molecule has 156 valence electrons. The minimum atomic E-state index is 0.204. The molecule has 10 heteroatoms. The number of likely N-dealkylation sites (tertiary alicyclic amines) is 1. The molecule has 1 fully saturated rings. The first kappa shape index (κ1) is 18.9. The zero-order valence-corrected chi connectivity index (χ0v) is 16.8. The highest BCUT2D eigenvalue weighted by molar-refractivity contribution is 5.87. The number of carbonyl (C=O) groups excluding carboxylic acids is 1. The lowest BCUT2D eigenvalue weighted by molar-refractivity contribution is -0.127. The molecule has 0 saturated carbocycles. The topological polar surface area (TPSA) is 114 Å². The van der Waals surface area contributed by atoms with Gasteiger partial charge in [-0.05, 0) is 18.6 Å². The van der Waals surface area contributed by atoms with Gasteiger partial charge in [0.15, 0.2) is 22.8 Å². The number of rotatable bonds is 7. The van der Waals surface area contributed by atoms with E-state index in [1.54, 1.807) is 24.9 Å². The number of amides is 1. The highest BCUT2D eigenvalue weighted by Crippen LogP contribution is 2.25. The van der Waals surface area contributed by atoms with Crippen molar-refractivity contribution in [1.29, 1.82) is 0 Å².